The minimum atomic E-state index is -0.585. The monoisotopic (exact) mass is 296 g/mol. The number of rotatable bonds is 3. The van der Waals surface area contributed by atoms with Crippen LogP contribution >= 0.6 is 11.3 Å². The molecular formula is C14H20N2O3S. The number of carbonyl (C=O) groups excluding carboxylic acids is 2. The molecule has 2 rings (SSSR count). The normalized spacial score (nSPS) is 23.2. The van der Waals surface area contributed by atoms with E-state index in [1.54, 1.807) is 16.2 Å². The Morgan fingerprint density at radius 1 is 1.45 bits per heavy atom. The van der Waals surface area contributed by atoms with E-state index < -0.39 is 6.10 Å². The predicted octanol–water partition coefficient (Wildman–Crippen LogP) is 0.779. The van der Waals surface area contributed by atoms with Crippen molar-refractivity contribution in [3.8, 4) is 0 Å². The van der Waals surface area contributed by atoms with Gasteiger partial charge < -0.3 is 15.3 Å². The summed E-state index contributed by atoms with van der Waals surface area (Å²) < 4.78 is 0. The molecule has 110 valence electrons. The van der Waals surface area contributed by atoms with Gasteiger partial charge in [-0.2, -0.15) is 11.3 Å². The topological polar surface area (TPSA) is 69.6 Å². The van der Waals surface area contributed by atoms with Crippen molar-refractivity contribution in [3.63, 3.8) is 0 Å². The molecule has 1 aromatic rings. The van der Waals surface area contributed by atoms with Gasteiger partial charge >= 0.3 is 0 Å². The Kier molecular flexibility index (Phi) is 5.14. The van der Waals surface area contributed by atoms with E-state index in [4.69, 9.17) is 0 Å². The van der Waals surface area contributed by atoms with Crippen molar-refractivity contribution in [2.75, 3.05) is 13.1 Å². The van der Waals surface area contributed by atoms with Crippen LogP contribution in [0.5, 0.6) is 0 Å². The largest absolute Gasteiger partial charge is 0.391 e. The predicted molar refractivity (Wildman–Crippen MR) is 77.4 cm³/mol. The Labute approximate surface area is 122 Å². The number of hydrogen-bond acceptors (Lipinski definition) is 4. The second kappa shape index (κ2) is 6.85. The number of aliphatic hydroxyl groups excluding tert-OH is 1. The van der Waals surface area contributed by atoms with E-state index in [-0.39, 0.29) is 17.9 Å². The fourth-order valence-electron chi connectivity index (χ4n) is 2.45. The molecule has 0 aromatic carbocycles. The van der Waals surface area contributed by atoms with Crippen LogP contribution < -0.4 is 5.32 Å². The van der Waals surface area contributed by atoms with Gasteiger partial charge in [0.1, 0.15) is 0 Å². The highest BCUT2D eigenvalue weighted by Gasteiger charge is 2.27. The van der Waals surface area contributed by atoms with Crippen LogP contribution in [-0.4, -0.2) is 47.1 Å². The lowest BCUT2D eigenvalue weighted by Crippen LogP contribution is -2.42. The summed E-state index contributed by atoms with van der Waals surface area (Å²) in [5.41, 5.74) is 1.03. The Balaban J connectivity index is 1.91. The number of aliphatic hydroxyl groups is 1. The summed E-state index contributed by atoms with van der Waals surface area (Å²) >= 11 is 1.58. The third kappa shape index (κ3) is 4.05. The number of nitrogens with zero attached hydrogens (tertiary/aromatic N) is 1. The third-order valence-corrected chi connectivity index (χ3v) is 4.28. The highest BCUT2D eigenvalue weighted by atomic mass is 32.1. The van der Waals surface area contributed by atoms with Gasteiger partial charge in [-0.1, -0.05) is 0 Å². The lowest BCUT2D eigenvalue weighted by molar-refractivity contribution is -0.130. The standard InChI is InChI=1S/C14H20N2O3S/c1-10(17)15-12-2-5-16(6-3-13(12)18)14(19)8-11-4-7-20-9-11/h4,7,9,12-13,18H,2-3,5-6,8H2,1H3,(H,15,17)/t12-,13-/m0/s1. The highest BCUT2D eigenvalue weighted by Crippen LogP contribution is 2.14. The molecule has 1 aliphatic rings. The molecule has 0 unspecified atom stereocenters. The van der Waals surface area contributed by atoms with Crippen LogP contribution in [0, 0.1) is 0 Å². The Bertz CT molecular complexity index is 461. The zero-order valence-corrected chi connectivity index (χ0v) is 12.4. The van der Waals surface area contributed by atoms with E-state index in [0.717, 1.165) is 5.56 Å². The van der Waals surface area contributed by atoms with E-state index in [1.165, 1.54) is 6.92 Å². The van der Waals surface area contributed by atoms with E-state index in [9.17, 15) is 14.7 Å². The maximum atomic E-state index is 12.2. The van der Waals surface area contributed by atoms with Gasteiger partial charge in [0.25, 0.3) is 0 Å². The average molecular weight is 296 g/mol. The Morgan fingerprint density at radius 3 is 2.85 bits per heavy atom. The van der Waals surface area contributed by atoms with Gasteiger partial charge in [-0.3, -0.25) is 9.59 Å². The molecule has 1 aliphatic heterocycles. The summed E-state index contributed by atoms with van der Waals surface area (Å²) in [5.74, 6) is -0.0637. The molecule has 0 radical (unpaired) electrons. The quantitative estimate of drug-likeness (QED) is 0.866. The molecule has 20 heavy (non-hydrogen) atoms. The number of nitrogens with one attached hydrogen (secondary N) is 1. The Morgan fingerprint density at radius 2 is 2.20 bits per heavy atom. The zero-order chi connectivity index (χ0) is 14.5. The fraction of sp³-hybridized carbons (Fsp3) is 0.571. The van der Waals surface area contributed by atoms with Crippen molar-refractivity contribution in [3.05, 3.63) is 22.4 Å². The molecule has 5 nitrogen and oxygen atoms in total. The number of amides is 2. The van der Waals surface area contributed by atoms with Gasteiger partial charge in [-0.05, 0) is 35.2 Å². The van der Waals surface area contributed by atoms with Gasteiger partial charge in [0.15, 0.2) is 0 Å². The van der Waals surface area contributed by atoms with Gasteiger partial charge in [-0.15, -0.1) is 0 Å². The maximum Gasteiger partial charge on any atom is 0.227 e. The summed E-state index contributed by atoms with van der Waals surface area (Å²) in [5, 5.41) is 16.7. The van der Waals surface area contributed by atoms with E-state index in [2.05, 4.69) is 5.32 Å². The number of hydrogen-bond donors (Lipinski definition) is 2. The molecular weight excluding hydrogens is 276 g/mol. The average Bonchev–Trinajstić information content (AvgIpc) is 2.82. The summed E-state index contributed by atoms with van der Waals surface area (Å²) in [6, 6.07) is 1.70. The van der Waals surface area contributed by atoms with E-state index in [1.807, 2.05) is 16.8 Å². The minimum absolute atomic E-state index is 0.0825. The third-order valence-electron chi connectivity index (χ3n) is 3.55. The molecule has 1 fully saturated rings. The van der Waals surface area contributed by atoms with Crippen LogP contribution in [0.4, 0.5) is 0 Å². The zero-order valence-electron chi connectivity index (χ0n) is 11.5. The van der Waals surface area contributed by atoms with Crippen molar-refractivity contribution >= 4 is 23.2 Å². The summed E-state index contributed by atoms with van der Waals surface area (Å²) in [4.78, 5) is 25.1. The van der Waals surface area contributed by atoms with Gasteiger partial charge in [0, 0.05) is 20.0 Å². The van der Waals surface area contributed by atoms with E-state index in [0.29, 0.717) is 32.4 Å². The van der Waals surface area contributed by atoms with Crippen LogP contribution in [0.25, 0.3) is 0 Å². The molecule has 2 N–H and O–H groups in total. The first-order valence-corrected chi connectivity index (χ1v) is 7.74. The molecule has 0 bridgehead atoms. The molecule has 0 aliphatic carbocycles. The first-order chi connectivity index (χ1) is 9.56. The maximum absolute atomic E-state index is 12.2. The minimum Gasteiger partial charge on any atom is -0.391 e. The van der Waals surface area contributed by atoms with Crippen LogP contribution in [0.2, 0.25) is 0 Å². The summed E-state index contributed by atoms with van der Waals surface area (Å²) in [7, 11) is 0. The van der Waals surface area contributed by atoms with Crippen LogP contribution in [0.15, 0.2) is 16.8 Å². The first-order valence-electron chi connectivity index (χ1n) is 6.80. The van der Waals surface area contributed by atoms with Crippen LogP contribution in [0.3, 0.4) is 0 Å². The second-order valence-corrected chi connectivity index (χ2v) is 5.92. The van der Waals surface area contributed by atoms with Gasteiger partial charge in [0.2, 0.25) is 11.8 Å². The molecule has 0 saturated carbocycles. The van der Waals surface area contributed by atoms with Gasteiger partial charge in [0.05, 0.1) is 18.6 Å². The van der Waals surface area contributed by atoms with Crippen molar-refractivity contribution in [2.24, 2.45) is 0 Å². The van der Waals surface area contributed by atoms with Crippen molar-refractivity contribution in [1.82, 2.24) is 10.2 Å². The number of carbonyl (C=O) groups is 2. The molecule has 2 heterocycles. The number of likely N-dealkylation sites (tertiary alicyclic amines) is 1. The van der Waals surface area contributed by atoms with Crippen molar-refractivity contribution < 1.29 is 14.7 Å². The second-order valence-electron chi connectivity index (χ2n) is 5.14. The lowest BCUT2D eigenvalue weighted by Gasteiger charge is -2.20. The lowest BCUT2D eigenvalue weighted by atomic mass is 10.1. The first kappa shape index (κ1) is 15.0. The molecule has 6 heteroatoms. The molecule has 2 atom stereocenters. The SMILES string of the molecule is CC(=O)N[C@H]1CCN(C(=O)Cc2ccsc2)CC[C@@H]1O. The molecule has 0 spiro atoms. The summed E-state index contributed by atoms with van der Waals surface area (Å²) in [6.07, 6.45) is 0.916. The fourth-order valence-corrected chi connectivity index (χ4v) is 3.12. The van der Waals surface area contributed by atoms with E-state index >= 15 is 0 Å². The highest BCUT2D eigenvalue weighted by molar-refractivity contribution is 7.07. The molecule has 1 aromatic heterocycles. The van der Waals surface area contributed by atoms with Crippen LogP contribution in [0.1, 0.15) is 25.3 Å². The van der Waals surface area contributed by atoms with Gasteiger partial charge in [-0.25, -0.2) is 0 Å². The Hall–Kier alpha value is -1.40. The summed E-state index contributed by atoms with van der Waals surface area (Å²) in [6.45, 7) is 2.56. The van der Waals surface area contributed by atoms with Crippen molar-refractivity contribution in [2.45, 2.75) is 38.3 Å². The van der Waals surface area contributed by atoms with Crippen molar-refractivity contribution in [1.29, 1.82) is 0 Å². The molecule has 1 saturated heterocycles. The van der Waals surface area contributed by atoms with Crippen LogP contribution in [-0.2, 0) is 16.0 Å². The molecule has 2 amide bonds. The smallest absolute Gasteiger partial charge is 0.227 e. The number of thiophene rings is 1.